The second-order valence-corrected chi connectivity index (χ2v) is 5.54. The van der Waals surface area contributed by atoms with Crippen molar-refractivity contribution in [3.63, 3.8) is 0 Å². The molecule has 5 nitrogen and oxygen atoms in total. The summed E-state index contributed by atoms with van der Waals surface area (Å²) in [4.78, 5) is 36.6. The number of hydrogen-bond donors (Lipinski definition) is 2. The van der Waals surface area contributed by atoms with Crippen LogP contribution in [0, 0.1) is 0 Å². The minimum atomic E-state index is -1.25. The maximum atomic E-state index is 12.1. The fourth-order valence-electron chi connectivity index (χ4n) is 1.85. The van der Waals surface area contributed by atoms with Crippen molar-refractivity contribution < 1.29 is 14.7 Å². The zero-order valence-electron chi connectivity index (χ0n) is 11.3. The minimum absolute atomic E-state index is 0.0423. The van der Waals surface area contributed by atoms with Crippen molar-refractivity contribution in [2.24, 2.45) is 0 Å². The van der Waals surface area contributed by atoms with Gasteiger partial charge in [0.2, 0.25) is 5.43 Å². The third-order valence-corrected chi connectivity index (χ3v) is 3.59. The standard InChI is InChI=1S/C15H13NO4S/c1-9(17)21-6-2-3-10-4-5-13-11(7-10)14(18)12(8-16-13)15(19)20/h2-5,7-8H,6H2,1H3,(H,16,18)(H,19,20). The molecular formula is C15H13NO4S. The number of rotatable bonds is 4. The molecule has 2 aromatic rings. The SMILES string of the molecule is CC(=O)SCC=Cc1ccc2[nH]cc(C(=O)O)c(=O)c2c1. The van der Waals surface area contributed by atoms with Gasteiger partial charge in [-0.05, 0) is 17.7 Å². The van der Waals surface area contributed by atoms with Crippen molar-refractivity contribution in [1.82, 2.24) is 4.98 Å². The van der Waals surface area contributed by atoms with E-state index >= 15 is 0 Å². The molecule has 2 rings (SSSR count). The zero-order valence-corrected chi connectivity index (χ0v) is 12.1. The average molecular weight is 303 g/mol. The summed E-state index contributed by atoms with van der Waals surface area (Å²) in [7, 11) is 0. The molecule has 0 amide bonds. The molecule has 1 aromatic heterocycles. The number of nitrogens with one attached hydrogen (secondary N) is 1. The van der Waals surface area contributed by atoms with Gasteiger partial charge >= 0.3 is 5.97 Å². The normalized spacial score (nSPS) is 11.1. The average Bonchev–Trinajstić information content (AvgIpc) is 2.44. The van der Waals surface area contributed by atoms with Crippen LogP contribution in [0.2, 0.25) is 0 Å². The van der Waals surface area contributed by atoms with Crippen LogP contribution in [0.15, 0.2) is 35.3 Å². The lowest BCUT2D eigenvalue weighted by Crippen LogP contribution is -2.15. The molecule has 0 saturated carbocycles. The molecule has 0 radical (unpaired) electrons. The molecule has 0 saturated heterocycles. The first-order chi connectivity index (χ1) is 9.99. The molecule has 2 N–H and O–H groups in total. The molecule has 0 aliphatic rings. The van der Waals surface area contributed by atoms with Crippen molar-refractivity contribution >= 4 is 39.8 Å². The number of thioether (sulfide) groups is 1. The number of aromatic amines is 1. The van der Waals surface area contributed by atoms with E-state index in [1.54, 1.807) is 18.2 Å². The highest BCUT2D eigenvalue weighted by atomic mass is 32.2. The van der Waals surface area contributed by atoms with Crippen molar-refractivity contribution in [3.05, 3.63) is 51.8 Å². The largest absolute Gasteiger partial charge is 0.477 e. The summed E-state index contributed by atoms with van der Waals surface area (Å²) in [5.74, 6) is -0.698. The van der Waals surface area contributed by atoms with Crippen LogP contribution in [0.1, 0.15) is 22.8 Å². The van der Waals surface area contributed by atoms with Crippen LogP contribution in [0.5, 0.6) is 0 Å². The lowest BCUT2D eigenvalue weighted by atomic mass is 10.1. The van der Waals surface area contributed by atoms with Crippen molar-refractivity contribution in [3.8, 4) is 0 Å². The summed E-state index contributed by atoms with van der Waals surface area (Å²) in [5.41, 5.74) is 0.570. The molecule has 0 unspecified atom stereocenters. The predicted molar refractivity (Wildman–Crippen MR) is 83.7 cm³/mol. The van der Waals surface area contributed by atoms with Crippen molar-refractivity contribution in [2.75, 3.05) is 5.75 Å². The fourth-order valence-corrected chi connectivity index (χ4v) is 2.28. The molecule has 21 heavy (non-hydrogen) atoms. The van der Waals surface area contributed by atoms with Crippen molar-refractivity contribution in [2.45, 2.75) is 6.92 Å². The minimum Gasteiger partial charge on any atom is -0.477 e. The second kappa shape index (κ2) is 6.41. The first-order valence-corrected chi connectivity index (χ1v) is 7.16. The number of aromatic nitrogens is 1. The molecule has 1 heterocycles. The molecule has 108 valence electrons. The van der Waals surface area contributed by atoms with Gasteiger partial charge in [0, 0.05) is 29.8 Å². The Morgan fingerprint density at radius 2 is 2.14 bits per heavy atom. The van der Waals surface area contributed by atoms with Crippen LogP contribution in [0.25, 0.3) is 17.0 Å². The van der Waals surface area contributed by atoms with Gasteiger partial charge < -0.3 is 10.1 Å². The van der Waals surface area contributed by atoms with Gasteiger partial charge in [-0.1, -0.05) is 30.0 Å². The zero-order chi connectivity index (χ0) is 15.4. The molecule has 0 aliphatic carbocycles. The maximum absolute atomic E-state index is 12.1. The Balaban J connectivity index is 2.36. The van der Waals surface area contributed by atoms with E-state index in [0.29, 0.717) is 16.7 Å². The predicted octanol–water partition coefficient (Wildman–Crippen LogP) is 2.52. The summed E-state index contributed by atoms with van der Waals surface area (Å²) < 4.78 is 0. The number of carbonyl (C=O) groups is 2. The number of carboxylic acids is 1. The monoisotopic (exact) mass is 303 g/mol. The number of carbonyl (C=O) groups excluding carboxylic acids is 1. The first-order valence-electron chi connectivity index (χ1n) is 6.17. The lowest BCUT2D eigenvalue weighted by molar-refractivity contribution is -0.109. The Kier molecular flexibility index (Phi) is 4.59. The number of H-pyrrole nitrogens is 1. The molecule has 6 heteroatoms. The van der Waals surface area contributed by atoms with E-state index in [4.69, 9.17) is 5.11 Å². The molecule has 0 fully saturated rings. The number of fused-ring (bicyclic) bond motifs is 1. The highest BCUT2D eigenvalue weighted by Gasteiger charge is 2.11. The Hall–Kier alpha value is -2.34. The van der Waals surface area contributed by atoms with E-state index in [1.165, 1.54) is 24.9 Å². The van der Waals surface area contributed by atoms with E-state index in [-0.39, 0.29) is 10.7 Å². The number of carboxylic acid groups (broad SMARTS) is 1. The quantitative estimate of drug-likeness (QED) is 0.906. The first kappa shape index (κ1) is 15.1. The van der Waals surface area contributed by atoms with Crippen LogP contribution >= 0.6 is 11.8 Å². The highest BCUT2D eigenvalue weighted by molar-refractivity contribution is 8.13. The van der Waals surface area contributed by atoms with Crippen molar-refractivity contribution in [1.29, 1.82) is 0 Å². The van der Waals surface area contributed by atoms with Gasteiger partial charge in [0.15, 0.2) is 5.12 Å². The maximum Gasteiger partial charge on any atom is 0.341 e. The number of benzene rings is 1. The lowest BCUT2D eigenvalue weighted by Gasteiger charge is -2.01. The van der Waals surface area contributed by atoms with Crippen LogP contribution in [0.4, 0.5) is 0 Å². The number of hydrogen-bond acceptors (Lipinski definition) is 4. The van der Waals surface area contributed by atoms with Crippen LogP contribution in [-0.2, 0) is 4.79 Å². The molecule has 0 bridgehead atoms. The summed E-state index contributed by atoms with van der Waals surface area (Å²) in [5, 5.41) is 9.32. The summed E-state index contributed by atoms with van der Waals surface area (Å²) in [6.45, 7) is 1.50. The van der Waals surface area contributed by atoms with Gasteiger partial charge in [0.25, 0.3) is 0 Å². The second-order valence-electron chi connectivity index (χ2n) is 4.35. The topological polar surface area (TPSA) is 87.2 Å². The molecule has 0 spiro atoms. The van der Waals surface area contributed by atoms with E-state index in [2.05, 4.69) is 4.98 Å². The van der Waals surface area contributed by atoms with E-state index in [0.717, 1.165) is 5.56 Å². The smallest absolute Gasteiger partial charge is 0.341 e. The number of aromatic carboxylic acids is 1. The molecular weight excluding hydrogens is 290 g/mol. The van der Waals surface area contributed by atoms with Crippen LogP contribution in [-0.4, -0.2) is 26.9 Å². The Morgan fingerprint density at radius 3 is 2.81 bits per heavy atom. The van der Waals surface area contributed by atoms with Gasteiger partial charge in [-0.25, -0.2) is 4.79 Å². The molecule has 0 atom stereocenters. The third-order valence-electron chi connectivity index (χ3n) is 2.83. The van der Waals surface area contributed by atoms with Crippen LogP contribution < -0.4 is 5.43 Å². The molecule has 1 aromatic carbocycles. The van der Waals surface area contributed by atoms with Gasteiger partial charge in [0.1, 0.15) is 5.56 Å². The molecule has 0 aliphatic heterocycles. The summed E-state index contributed by atoms with van der Waals surface area (Å²) >= 11 is 1.19. The Labute approximate surface area is 124 Å². The van der Waals surface area contributed by atoms with Gasteiger partial charge in [-0.2, -0.15) is 0 Å². The summed E-state index contributed by atoms with van der Waals surface area (Å²) in [6, 6.07) is 5.17. The summed E-state index contributed by atoms with van der Waals surface area (Å²) in [6.07, 6.45) is 4.82. The van der Waals surface area contributed by atoms with Gasteiger partial charge in [-0.15, -0.1) is 0 Å². The van der Waals surface area contributed by atoms with Gasteiger partial charge in [-0.3, -0.25) is 9.59 Å². The van der Waals surface area contributed by atoms with Crippen LogP contribution in [0.3, 0.4) is 0 Å². The Morgan fingerprint density at radius 1 is 1.38 bits per heavy atom. The van der Waals surface area contributed by atoms with E-state index < -0.39 is 11.4 Å². The van der Waals surface area contributed by atoms with Gasteiger partial charge in [0.05, 0.1) is 0 Å². The number of pyridine rings is 1. The fraction of sp³-hybridized carbons (Fsp3) is 0.133. The highest BCUT2D eigenvalue weighted by Crippen LogP contribution is 2.13. The van der Waals surface area contributed by atoms with E-state index in [1.807, 2.05) is 12.1 Å². The third kappa shape index (κ3) is 3.61. The Bertz CT molecular complexity index is 792. The van der Waals surface area contributed by atoms with E-state index in [9.17, 15) is 14.4 Å².